The minimum Gasteiger partial charge on any atom is -0.487 e. The highest BCUT2D eigenvalue weighted by Crippen LogP contribution is 2.33. The van der Waals surface area contributed by atoms with Crippen LogP contribution in [0.5, 0.6) is 11.5 Å². The molecule has 0 saturated heterocycles. The van der Waals surface area contributed by atoms with E-state index in [1.807, 2.05) is 18.2 Å². The van der Waals surface area contributed by atoms with Crippen LogP contribution < -0.4 is 15.2 Å². The molecule has 0 spiro atoms. The van der Waals surface area contributed by atoms with Crippen LogP contribution in [0.3, 0.4) is 0 Å². The third-order valence-corrected chi connectivity index (χ3v) is 3.71. The van der Waals surface area contributed by atoms with Crippen molar-refractivity contribution < 1.29 is 23.4 Å². The van der Waals surface area contributed by atoms with Crippen molar-refractivity contribution in [1.29, 1.82) is 5.41 Å². The molecule has 0 fully saturated rings. The van der Waals surface area contributed by atoms with Gasteiger partial charge in [-0.15, -0.1) is 0 Å². The van der Waals surface area contributed by atoms with Gasteiger partial charge >= 0.3 is 5.97 Å². The SMILES string of the molecule is C[C@H](N)C(=O)O[C@@H](C)[C@H](Oc1ccccc1)c1ccc(F)cc1OCC=N. The molecule has 0 aromatic heterocycles. The zero-order valence-electron chi connectivity index (χ0n) is 15.2. The van der Waals surface area contributed by atoms with Crippen molar-refractivity contribution in [1.82, 2.24) is 0 Å². The first-order valence-corrected chi connectivity index (χ1v) is 8.51. The van der Waals surface area contributed by atoms with Gasteiger partial charge in [-0.2, -0.15) is 0 Å². The third-order valence-electron chi connectivity index (χ3n) is 3.71. The molecule has 7 heteroatoms. The predicted molar refractivity (Wildman–Crippen MR) is 99.7 cm³/mol. The Labute approximate surface area is 157 Å². The van der Waals surface area contributed by atoms with Gasteiger partial charge in [0.2, 0.25) is 0 Å². The fourth-order valence-corrected chi connectivity index (χ4v) is 2.41. The number of hydrogen-bond donors (Lipinski definition) is 2. The maximum absolute atomic E-state index is 13.7. The average Bonchev–Trinajstić information content (AvgIpc) is 2.65. The van der Waals surface area contributed by atoms with E-state index in [0.717, 1.165) is 6.21 Å². The molecular weight excluding hydrogens is 351 g/mol. The van der Waals surface area contributed by atoms with E-state index in [-0.39, 0.29) is 12.4 Å². The van der Waals surface area contributed by atoms with Gasteiger partial charge in [-0.05, 0) is 38.1 Å². The highest BCUT2D eigenvalue weighted by Gasteiger charge is 2.29. The van der Waals surface area contributed by atoms with Gasteiger partial charge in [-0.25, -0.2) is 4.39 Å². The van der Waals surface area contributed by atoms with E-state index in [2.05, 4.69) is 0 Å². The van der Waals surface area contributed by atoms with Crippen LogP contribution in [-0.4, -0.2) is 30.9 Å². The summed E-state index contributed by atoms with van der Waals surface area (Å²) < 4.78 is 30.6. The molecule has 6 nitrogen and oxygen atoms in total. The van der Waals surface area contributed by atoms with E-state index in [1.54, 1.807) is 19.1 Å². The Hall–Kier alpha value is -2.93. The van der Waals surface area contributed by atoms with E-state index < -0.39 is 30.0 Å². The Balaban J connectivity index is 2.39. The van der Waals surface area contributed by atoms with E-state index in [1.165, 1.54) is 25.1 Å². The van der Waals surface area contributed by atoms with Crippen LogP contribution in [0.1, 0.15) is 25.5 Å². The predicted octanol–water partition coefficient (Wildman–Crippen LogP) is 3.25. The maximum Gasteiger partial charge on any atom is 0.323 e. The first kappa shape index (κ1) is 20.4. The van der Waals surface area contributed by atoms with Gasteiger partial charge < -0.3 is 25.4 Å². The summed E-state index contributed by atoms with van der Waals surface area (Å²) in [6, 6.07) is 12.2. The molecule has 0 aliphatic rings. The molecule has 0 heterocycles. The van der Waals surface area contributed by atoms with Crippen molar-refractivity contribution in [2.75, 3.05) is 6.61 Å². The van der Waals surface area contributed by atoms with E-state index in [9.17, 15) is 9.18 Å². The van der Waals surface area contributed by atoms with E-state index >= 15 is 0 Å². The van der Waals surface area contributed by atoms with Crippen LogP contribution in [0.2, 0.25) is 0 Å². The van der Waals surface area contributed by atoms with Crippen LogP contribution in [0, 0.1) is 11.2 Å². The zero-order valence-corrected chi connectivity index (χ0v) is 15.2. The molecule has 2 aromatic carbocycles. The van der Waals surface area contributed by atoms with Crippen LogP contribution in [0.25, 0.3) is 0 Å². The average molecular weight is 374 g/mol. The lowest BCUT2D eigenvalue weighted by molar-refractivity contribution is -0.154. The monoisotopic (exact) mass is 374 g/mol. The van der Waals surface area contributed by atoms with E-state index in [4.69, 9.17) is 25.4 Å². The van der Waals surface area contributed by atoms with Gasteiger partial charge in [0.25, 0.3) is 0 Å². The molecule has 27 heavy (non-hydrogen) atoms. The third kappa shape index (κ3) is 5.79. The van der Waals surface area contributed by atoms with Gasteiger partial charge in [0.05, 0.1) is 0 Å². The number of esters is 1. The summed E-state index contributed by atoms with van der Waals surface area (Å²) in [5.41, 5.74) is 6.07. The number of para-hydroxylation sites is 1. The van der Waals surface area contributed by atoms with Crippen molar-refractivity contribution in [2.24, 2.45) is 5.73 Å². The fraction of sp³-hybridized carbons (Fsp3) is 0.300. The maximum atomic E-state index is 13.7. The Morgan fingerprint density at radius 1 is 1.22 bits per heavy atom. The summed E-state index contributed by atoms with van der Waals surface area (Å²) in [5.74, 6) is -0.303. The molecule has 0 unspecified atom stereocenters. The van der Waals surface area contributed by atoms with Crippen LogP contribution >= 0.6 is 0 Å². The number of ether oxygens (including phenoxy) is 3. The normalized spacial score (nSPS) is 13.9. The molecule has 144 valence electrons. The van der Waals surface area contributed by atoms with E-state index in [0.29, 0.717) is 11.3 Å². The molecule has 0 radical (unpaired) electrons. The molecule has 3 atom stereocenters. The Morgan fingerprint density at radius 3 is 2.56 bits per heavy atom. The second-order valence-electron chi connectivity index (χ2n) is 5.98. The van der Waals surface area contributed by atoms with Gasteiger partial charge in [0.1, 0.15) is 36.1 Å². The standard InChI is InChI=1S/C20H23FN2O4/c1-13(23)20(24)26-14(2)19(27-16-6-4-3-5-7-16)17-9-8-15(21)12-18(17)25-11-10-22/h3-10,12-14,19,22H,11,23H2,1-2H3/t13-,14-,19-/m0/s1. The number of hydrogen-bond acceptors (Lipinski definition) is 6. The number of carbonyl (C=O) groups is 1. The first-order valence-electron chi connectivity index (χ1n) is 8.51. The Morgan fingerprint density at radius 2 is 1.93 bits per heavy atom. The topological polar surface area (TPSA) is 94.6 Å². The second-order valence-corrected chi connectivity index (χ2v) is 5.98. The smallest absolute Gasteiger partial charge is 0.323 e. The summed E-state index contributed by atoms with van der Waals surface area (Å²) >= 11 is 0. The highest BCUT2D eigenvalue weighted by atomic mass is 19.1. The number of halogens is 1. The van der Waals surface area contributed by atoms with Crippen LogP contribution in [0.15, 0.2) is 48.5 Å². The van der Waals surface area contributed by atoms with Gasteiger partial charge in [-0.3, -0.25) is 4.79 Å². The molecule has 0 amide bonds. The molecule has 2 rings (SSSR count). The zero-order chi connectivity index (χ0) is 19.8. The largest absolute Gasteiger partial charge is 0.487 e. The van der Waals surface area contributed by atoms with Crippen molar-refractivity contribution in [3.8, 4) is 11.5 Å². The van der Waals surface area contributed by atoms with Crippen molar-refractivity contribution in [3.05, 3.63) is 59.9 Å². The molecule has 0 saturated carbocycles. The van der Waals surface area contributed by atoms with Crippen molar-refractivity contribution >= 4 is 12.2 Å². The molecule has 0 aliphatic heterocycles. The summed E-state index contributed by atoms with van der Waals surface area (Å²) in [5, 5.41) is 7.13. The Bertz CT molecular complexity index is 768. The summed E-state index contributed by atoms with van der Waals surface area (Å²) in [7, 11) is 0. The summed E-state index contributed by atoms with van der Waals surface area (Å²) in [4.78, 5) is 11.9. The molecule has 0 aliphatic carbocycles. The lowest BCUT2D eigenvalue weighted by Gasteiger charge is -2.27. The number of nitrogens with one attached hydrogen (secondary N) is 1. The lowest BCUT2D eigenvalue weighted by atomic mass is 10.0. The van der Waals surface area contributed by atoms with Crippen molar-refractivity contribution in [3.63, 3.8) is 0 Å². The molecule has 3 N–H and O–H groups in total. The van der Waals surface area contributed by atoms with Crippen LogP contribution in [-0.2, 0) is 9.53 Å². The van der Waals surface area contributed by atoms with Crippen molar-refractivity contribution in [2.45, 2.75) is 32.1 Å². The molecular formula is C20H23FN2O4. The second kappa shape index (κ2) is 9.68. The van der Waals surface area contributed by atoms with Gasteiger partial charge in [0.15, 0.2) is 6.10 Å². The molecule has 0 bridgehead atoms. The lowest BCUT2D eigenvalue weighted by Crippen LogP contribution is -2.35. The number of carbonyl (C=O) groups excluding carboxylic acids is 1. The number of benzene rings is 2. The summed E-state index contributed by atoms with van der Waals surface area (Å²) in [6.07, 6.45) is -0.436. The highest BCUT2D eigenvalue weighted by molar-refractivity contribution is 5.75. The minimum atomic E-state index is -0.785. The number of rotatable bonds is 9. The number of nitrogens with two attached hydrogens (primary N) is 1. The van der Waals surface area contributed by atoms with Gasteiger partial charge in [-0.1, -0.05) is 18.2 Å². The Kier molecular flexibility index (Phi) is 7.31. The molecule has 2 aromatic rings. The van der Waals surface area contributed by atoms with Crippen LogP contribution in [0.4, 0.5) is 4.39 Å². The fourth-order valence-electron chi connectivity index (χ4n) is 2.41. The summed E-state index contributed by atoms with van der Waals surface area (Å²) in [6.45, 7) is 3.17. The minimum absolute atomic E-state index is 0.0253. The quantitative estimate of drug-likeness (QED) is 0.519. The first-order chi connectivity index (χ1) is 12.9. The van der Waals surface area contributed by atoms with Gasteiger partial charge in [0, 0.05) is 17.8 Å².